The maximum Gasteiger partial charge on any atom is 0.203 e. The Bertz CT molecular complexity index is 917. The summed E-state index contributed by atoms with van der Waals surface area (Å²) in [5.74, 6) is 1.82. The molecule has 0 spiro atoms. The summed E-state index contributed by atoms with van der Waals surface area (Å²) in [5.41, 5.74) is 9.69. The molecule has 6 nitrogen and oxygen atoms in total. The molecule has 1 aliphatic rings. The van der Waals surface area contributed by atoms with Crippen LogP contribution in [-0.2, 0) is 0 Å². The molecule has 0 aliphatic carbocycles. The van der Waals surface area contributed by atoms with Crippen molar-refractivity contribution in [2.45, 2.75) is 19.8 Å². The van der Waals surface area contributed by atoms with Crippen LogP contribution in [0.1, 0.15) is 35.7 Å². The lowest BCUT2D eigenvalue weighted by Gasteiger charge is -2.21. The predicted octanol–water partition coefficient (Wildman–Crippen LogP) is 4.18. The number of nitrogen functional groups attached to an aromatic ring is 1. The normalized spacial score (nSPS) is 13.2. The van der Waals surface area contributed by atoms with Gasteiger partial charge in [-0.05, 0) is 48.4 Å². The van der Waals surface area contributed by atoms with Gasteiger partial charge in [0, 0.05) is 25.2 Å². The zero-order valence-electron chi connectivity index (χ0n) is 17.5. The summed E-state index contributed by atoms with van der Waals surface area (Å²) in [4.78, 5) is 15.2. The first kappa shape index (κ1) is 20.6. The standard InChI is InChI=1S/C23H28N2O4/c1-5-6-16(22(26)17-7-8-18(24)19(14-17)25(2)3)11-15-12-20(27-4)23-21(13-15)28-9-10-29-23/h7-8,11-14H,5-6,9-10,24H2,1-4H3. The van der Waals surface area contributed by atoms with Gasteiger partial charge in [0.2, 0.25) is 5.75 Å². The van der Waals surface area contributed by atoms with Crippen molar-refractivity contribution in [3.05, 3.63) is 47.0 Å². The van der Waals surface area contributed by atoms with Crippen molar-refractivity contribution in [1.29, 1.82) is 0 Å². The van der Waals surface area contributed by atoms with E-state index in [0.717, 1.165) is 23.2 Å². The first-order chi connectivity index (χ1) is 13.9. The molecule has 0 fully saturated rings. The van der Waals surface area contributed by atoms with Crippen LogP contribution in [0.5, 0.6) is 17.2 Å². The molecule has 3 rings (SSSR count). The molecule has 0 amide bonds. The Balaban J connectivity index is 2.00. The Kier molecular flexibility index (Phi) is 6.32. The van der Waals surface area contributed by atoms with Gasteiger partial charge >= 0.3 is 0 Å². The minimum absolute atomic E-state index is 0.0104. The van der Waals surface area contributed by atoms with E-state index in [0.29, 0.717) is 48.1 Å². The summed E-state index contributed by atoms with van der Waals surface area (Å²) in [5, 5.41) is 0. The zero-order chi connectivity index (χ0) is 21.0. The SMILES string of the molecule is CCCC(=Cc1cc(OC)c2c(c1)OCCO2)C(=O)c1ccc(N)c(N(C)C)c1. The lowest BCUT2D eigenvalue weighted by Crippen LogP contribution is -2.16. The average Bonchev–Trinajstić information content (AvgIpc) is 2.72. The van der Waals surface area contributed by atoms with E-state index in [1.807, 2.05) is 43.3 Å². The van der Waals surface area contributed by atoms with E-state index in [1.165, 1.54) is 0 Å². The monoisotopic (exact) mass is 396 g/mol. The third-order valence-electron chi connectivity index (χ3n) is 4.78. The molecule has 154 valence electrons. The molecule has 1 aliphatic heterocycles. The Morgan fingerprint density at radius 3 is 2.66 bits per heavy atom. The Morgan fingerprint density at radius 2 is 1.97 bits per heavy atom. The van der Waals surface area contributed by atoms with Crippen molar-refractivity contribution in [2.24, 2.45) is 0 Å². The number of hydrogen-bond donors (Lipinski definition) is 1. The van der Waals surface area contributed by atoms with Gasteiger partial charge in [-0.15, -0.1) is 0 Å². The van der Waals surface area contributed by atoms with Gasteiger partial charge in [-0.3, -0.25) is 4.79 Å². The topological polar surface area (TPSA) is 74.0 Å². The van der Waals surface area contributed by atoms with E-state index in [9.17, 15) is 4.79 Å². The number of ketones is 1. The van der Waals surface area contributed by atoms with Crippen LogP contribution in [0.3, 0.4) is 0 Å². The summed E-state index contributed by atoms with van der Waals surface area (Å²) in [6.07, 6.45) is 3.42. The maximum absolute atomic E-state index is 13.3. The van der Waals surface area contributed by atoms with Gasteiger partial charge in [0.15, 0.2) is 17.3 Å². The fourth-order valence-corrected chi connectivity index (χ4v) is 3.36. The van der Waals surface area contributed by atoms with Gasteiger partial charge in [0.25, 0.3) is 0 Å². The largest absolute Gasteiger partial charge is 0.493 e. The third kappa shape index (κ3) is 4.47. The van der Waals surface area contributed by atoms with Crippen molar-refractivity contribution < 1.29 is 19.0 Å². The quantitative estimate of drug-likeness (QED) is 0.430. The molecular weight excluding hydrogens is 368 g/mol. The Morgan fingerprint density at radius 1 is 1.21 bits per heavy atom. The van der Waals surface area contributed by atoms with Crippen molar-refractivity contribution >= 4 is 23.2 Å². The third-order valence-corrected chi connectivity index (χ3v) is 4.78. The highest BCUT2D eigenvalue weighted by molar-refractivity contribution is 6.12. The van der Waals surface area contributed by atoms with E-state index in [-0.39, 0.29) is 5.78 Å². The molecule has 2 aromatic carbocycles. The molecule has 0 saturated heterocycles. The molecule has 0 unspecified atom stereocenters. The number of rotatable bonds is 7. The van der Waals surface area contributed by atoms with Crippen LogP contribution >= 0.6 is 0 Å². The van der Waals surface area contributed by atoms with Gasteiger partial charge in [-0.1, -0.05) is 13.3 Å². The van der Waals surface area contributed by atoms with Gasteiger partial charge < -0.3 is 24.8 Å². The number of nitrogens with zero attached hydrogens (tertiary/aromatic N) is 1. The first-order valence-corrected chi connectivity index (χ1v) is 9.74. The van der Waals surface area contributed by atoms with Crippen LogP contribution in [0.15, 0.2) is 35.9 Å². The van der Waals surface area contributed by atoms with Crippen molar-refractivity contribution in [3.63, 3.8) is 0 Å². The minimum Gasteiger partial charge on any atom is -0.493 e. The molecule has 0 bridgehead atoms. The smallest absolute Gasteiger partial charge is 0.203 e. The van der Waals surface area contributed by atoms with E-state index < -0.39 is 0 Å². The summed E-state index contributed by atoms with van der Waals surface area (Å²) < 4.78 is 16.8. The van der Waals surface area contributed by atoms with Crippen molar-refractivity contribution in [3.8, 4) is 17.2 Å². The number of nitrogens with two attached hydrogens (primary N) is 1. The molecule has 0 radical (unpaired) electrons. The van der Waals surface area contributed by atoms with E-state index >= 15 is 0 Å². The fourth-order valence-electron chi connectivity index (χ4n) is 3.36. The Hall–Kier alpha value is -3.15. The summed E-state index contributed by atoms with van der Waals surface area (Å²) in [7, 11) is 5.41. The summed E-state index contributed by atoms with van der Waals surface area (Å²) >= 11 is 0. The molecule has 2 aromatic rings. The van der Waals surface area contributed by atoms with Crippen LogP contribution in [0.25, 0.3) is 6.08 Å². The van der Waals surface area contributed by atoms with E-state index in [1.54, 1.807) is 19.2 Å². The number of benzene rings is 2. The number of hydrogen-bond acceptors (Lipinski definition) is 6. The highest BCUT2D eigenvalue weighted by Gasteiger charge is 2.19. The van der Waals surface area contributed by atoms with Crippen molar-refractivity contribution in [2.75, 3.05) is 45.1 Å². The fraction of sp³-hybridized carbons (Fsp3) is 0.348. The van der Waals surface area contributed by atoms with Gasteiger partial charge in [-0.25, -0.2) is 0 Å². The minimum atomic E-state index is -0.0104. The number of methoxy groups -OCH3 is 1. The number of Topliss-reactive ketones (excluding diaryl/α,β-unsaturated/α-hetero) is 1. The van der Waals surface area contributed by atoms with Crippen LogP contribution in [0.4, 0.5) is 11.4 Å². The Labute approximate surface area is 171 Å². The van der Waals surface area contributed by atoms with Gasteiger partial charge in [0.1, 0.15) is 13.2 Å². The van der Waals surface area contributed by atoms with Crippen molar-refractivity contribution in [1.82, 2.24) is 0 Å². The lowest BCUT2D eigenvalue weighted by molar-refractivity contribution is 0.103. The highest BCUT2D eigenvalue weighted by Crippen LogP contribution is 2.41. The molecule has 0 aromatic heterocycles. The van der Waals surface area contributed by atoms with Crippen LogP contribution in [-0.4, -0.2) is 40.2 Å². The second kappa shape index (κ2) is 8.90. The number of fused-ring (bicyclic) bond motifs is 1. The number of carbonyl (C=O) groups is 1. The molecule has 6 heteroatoms. The van der Waals surface area contributed by atoms with Crippen LogP contribution in [0, 0.1) is 0 Å². The van der Waals surface area contributed by atoms with Crippen LogP contribution < -0.4 is 24.8 Å². The number of ether oxygens (including phenoxy) is 3. The van der Waals surface area contributed by atoms with Gasteiger partial charge in [0.05, 0.1) is 18.5 Å². The molecule has 2 N–H and O–H groups in total. The summed E-state index contributed by atoms with van der Waals surface area (Å²) in [6.45, 7) is 3.03. The zero-order valence-corrected chi connectivity index (χ0v) is 17.5. The first-order valence-electron chi connectivity index (χ1n) is 9.74. The molecule has 0 saturated carbocycles. The van der Waals surface area contributed by atoms with E-state index in [2.05, 4.69) is 6.92 Å². The molecular formula is C23H28N2O4. The molecule has 1 heterocycles. The second-order valence-electron chi connectivity index (χ2n) is 7.16. The van der Waals surface area contributed by atoms with E-state index in [4.69, 9.17) is 19.9 Å². The molecule has 0 atom stereocenters. The average molecular weight is 396 g/mol. The predicted molar refractivity (Wildman–Crippen MR) is 116 cm³/mol. The summed E-state index contributed by atoms with van der Waals surface area (Å²) in [6, 6.07) is 9.14. The highest BCUT2D eigenvalue weighted by atomic mass is 16.6. The molecule has 29 heavy (non-hydrogen) atoms. The van der Waals surface area contributed by atoms with Crippen LogP contribution in [0.2, 0.25) is 0 Å². The number of allylic oxidation sites excluding steroid dienone is 1. The number of carbonyl (C=O) groups excluding carboxylic acids is 1. The number of anilines is 2. The lowest BCUT2D eigenvalue weighted by atomic mass is 9.96. The maximum atomic E-state index is 13.3. The van der Waals surface area contributed by atoms with Gasteiger partial charge in [-0.2, -0.15) is 0 Å². The second-order valence-corrected chi connectivity index (χ2v) is 7.16.